The number of hydrogen-bond acceptors (Lipinski definition) is 4. The second-order valence-electron chi connectivity index (χ2n) is 8.04. The molecule has 2 bridgehead atoms. The number of carbonyl (C=O) groups is 1. The van der Waals surface area contributed by atoms with Crippen molar-refractivity contribution < 1.29 is 14.3 Å². The zero-order valence-corrected chi connectivity index (χ0v) is 15.2. The molecule has 4 aliphatic rings. The van der Waals surface area contributed by atoms with Crippen LogP contribution in [0.25, 0.3) is 0 Å². The first-order valence-electron chi connectivity index (χ1n) is 9.84. The van der Waals surface area contributed by atoms with E-state index >= 15 is 0 Å². The van der Waals surface area contributed by atoms with Crippen molar-refractivity contribution in [1.82, 2.24) is 4.90 Å². The van der Waals surface area contributed by atoms with Crippen LogP contribution < -0.4 is 14.4 Å². The zero-order chi connectivity index (χ0) is 18.0. The van der Waals surface area contributed by atoms with Crippen LogP contribution >= 0.6 is 0 Å². The third kappa shape index (κ3) is 2.38. The fourth-order valence-electron chi connectivity index (χ4n) is 5.16. The molecule has 5 heteroatoms. The Hall–Kier alpha value is -2.53. The second kappa shape index (κ2) is 5.73. The van der Waals surface area contributed by atoms with Gasteiger partial charge in [-0.3, -0.25) is 9.69 Å². The van der Waals surface area contributed by atoms with Gasteiger partial charge >= 0.3 is 0 Å². The molecule has 2 aromatic rings. The Bertz CT molecular complexity index is 941. The molecule has 6 rings (SSSR count). The molecular formula is C22H22N2O3. The van der Waals surface area contributed by atoms with E-state index in [4.69, 9.17) is 9.47 Å². The predicted octanol–water partition coefficient (Wildman–Crippen LogP) is 2.89. The summed E-state index contributed by atoms with van der Waals surface area (Å²) in [6.07, 6.45) is 4.50. The molecular weight excluding hydrogens is 340 g/mol. The minimum absolute atomic E-state index is 0.00585. The van der Waals surface area contributed by atoms with E-state index in [2.05, 4.69) is 34.1 Å². The van der Waals surface area contributed by atoms with Gasteiger partial charge < -0.3 is 14.4 Å². The largest absolute Gasteiger partial charge is 0.454 e. The van der Waals surface area contributed by atoms with Crippen LogP contribution in [-0.4, -0.2) is 36.2 Å². The summed E-state index contributed by atoms with van der Waals surface area (Å²) in [5.41, 5.74) is 5.15. The Labute approximate surface area is 158 Å². The molecule has 0 spiro atoms. The topological polar surface area (TPSA) is 42.0 Å². The molecule has 0 radical (unpaired) electrons. The molecule has 138 valence electrons. The Morgan fingerprint density at radius 1 is 1.00 bits per heavy atom. The second-order valence-corrected chi connectivity index (χ2v) is 8.04. The molecule has 0 aromatic heterocycles. The number of piperazine rings is 1. The summed E-state index contributed by atoms with van der Waals surface area (Å²) in [6, 6.07) is 13.0. The Morgan fingerprint density at radius 3 is 2.81 bits per heavy atom. The van der Waals surface area contributed by atoms with Crippen LogP contribution in [0.4, 0.5) is 5.69 Å². The number of likely N-dealkylation sites (tertiary alicyclic amines) is 1. The molecule has 2 aromatic carbocycles. The molecule has 3 heterocycles. The summed E-state index contributed by atoms with van der Waals surface area (Å²) in [4.78, 5) is 17.5. The van der Waals surface area contributed by atoms with Crippen molar-refractivity contribution in [2.24, 2.45) is 0 Å². The summed E-state index contributed by atoms with van der Waals surface area (Å²) in [7, 11) is 0. The first-order chi connectivity index (χ1) is 13.3. The van der Waals surface area contributed by atoms with E-state index in [1.165, 1.54) is 29.5 Å². The highest BCUT2D eigenvalue weighted by atomic mass is 16.7. The van der Waals surface area contributed by atoms with E-state index in [9.17, 15) is 4.79 Å². The molecule has 2 atom stereocenters. The minimum atomic E-state index is -0.00585. The lowest BCUT2D eigenvalue weighted by atomic mass is 10.1. The fraction of sp³-hybridized carbons (Fsp3) is 0.409. The summed E-state index contributed by atoms with van der Waals surface area (Å²) in [5, 5.41) is 0. The summed E-state index contributed by atoms with van der Waals surface area (Å²) in [6.45, 7) is 2.00. The van der Waals surface area contributed by atoms with Crippen LogP contribution in [0.15, 0.2) is 36.4 Å². The number of hydrogen-bond donors (Lipinski definition) is 0. The summed E-state index contributed by atoms with van der Waals surface area (Å²) >= 11 is 0. The van der Waals surface area contributed by atoms with Crippen molar-refractivity contribution >= 4 is 11.6 Å². The van der Waals surface area contributed by atoms with Crippen LogP contribution in [-0.2, 0) is 24.2 Å². The molecule has 0 unspecified atom stereocenters. The highest BCUT2D eigenvalue weighted by Crippen LogP contribution is 2.39. The van der Waals surface area contributed by atoms with Gasteiger partial charge in [0.05, 0.1) is 12.1 Å². The lowest BCUT2D eigenvalue weighted by Gasteiger charge is -2.34. The predicted molar refractivity (Wildman–Crippen MR) is 101 cm³/mol. The van der Waals surface area contributed by atoms with Crippen molar-refractivity contribution in [3.8, 4) is 11.5 Å². The molecule has 3 aliphatic heterocycles. The number of fused-ring (bicyclic) bond motifs is 4. The number of amides is 1. The van der Waals surface area contributed by atoms with Crippen LogP contribution in [0.2, 0.25) is 0 Å². The molecule has 0 N–H and O–H groups in total. The molecule has 1 amide bonds. The minimum Gasteiger partial charge on any atom is -0.454 e. The molecule has 5 nitrogen and oxygen atoms in total. The lowest BCUT2D eigenvalue weighted by Crippen LogP contribution is -2.50. The van der Waals surface area contributed by atoms with Crippen molar-refractivity contribution in [1.29, 1.82) is 0 Å². The Balaban J connectivity index is 1.21. The number of anilines is 1. The van der Waals surface area contributed by atoms with Gasteiger partial charge in [-0.15, -0.1) is 0 Å². The van der Waals surface area contributed by atoms with E-state index < -0.39 is 0 Å². The molecule has 1 aliphatic carbocycles. The third-order valence-electron chi connectivity index (χ3n) is 6.45. The summed E-state index contributed by atoms with van der Waals surface area (Å²) in [5.74, 6) is 1.87. The number of rotatable bonds is 3. The number of carbonyl (C=O) groups excluding carboxylic acids is 1. The van der Waals surface area contributed by atoms with Gasteiger partial charge in [0.25, 0.3) is 0 Å². The normalized spacial score (nSPS) is 25.5. The van der Waals surface area contributed by atoms with Gasteiger partial charge in [-0.1, -0.05) is 12.1 Å². The van der Waals surface area contributed by atoms with Gasteiger partial charge in [0.15, 0.2) is 11.5 Å². The van der Waals surface area contributed by atoms with Crippen LogP contribution in [0, 0.1) is 0 Å². The average Bonchev–Trinajstić information content (AvgIpc) is 3.44. The smallest absolute Gasteiger partial charge is 0.244 e. The molecule has 27 heavy (non-hydrogen) atoms. The maximum Gasteiger partial charge on any atom is 0.244 e. The van der Waals surface area contributed by atoms with E-state index in [-0.39, 0.29) is 18.0 Å². The van der Waals surface area contributed by atoms with Crippen LogP contribution in [0.1, 0.15) is 29.5 Å². The van der Waals surface area contributed by atoms with E-state index in [1.54, 1.807) is 0 Å². The summed E-state index contributed by atoms with van der Waals surface area (Å²) < 4.78 is 10.9. The van der Waals surface area contributed by atoms with Gasteiger partial charge in [0.1, 0.15) is 0 Å². The van der Waals surface area contributed by atoms with Crippen molar-refractivity contribution in [3.63, 3.8) is 0 Å². The lowest BCUT2D eigenvalue weighted by molar-refractivity contribution is -0.122. The zero-order valence-electron chi connectivity index (χ0n) is 15.2. The number of nitrogens with zero attached hydrogens (tertiary/aromatic N) is 2. The number of aryl methyl sites for hydroxylation is 2. The van der Waals surface area contributed by atoms with E-state index in [0.29, 0.717) is 6.79 Å². The molecule has 0 saturated carbocycles. The SMILES string of the molecule is O=C1[C@@H]2C[C@@H](CN2Cc2ccc3c(c2)OCO3)N1c1ccc2c(c1)CCC2. The van der Waals surface area contributed by atoms with Gasteiger partial charge in [-0.2, -0.15) is 0 Å². The molecule has 2 saturated heterocycles. The van der Waals surface area contributed by atoms with Crippen LogP contribution in [0.3, 0.4) is 0 Å². The first kappa shape index (κ1) is 15.5. The Kier molecular flexibility index (Phi) is 3.29. The quantitative estimate of drug-likeness (QED) is 0.842. The third-order valence-corrected chi connectivity index (χ3v) is 6.45. The van der Waals surface area contributed by atoms with Crippen LogP contribution in [0.5, 0.6) is 11.5 Å². The van der Waals surface area contributed by atoms with Crippen molar-refractivity contribution in [2.45, 2.75) is 44.3 Å². The number of benzene rings is 2. The van der Waals surface area contributed by atoms with Gasteiger partial charge in [0.2, 0.25) is 12.7 Å². The van der Waals surface area contributed by atoms with Gasteiger partial charge in [-0.05, 0) is 66.6 Å². The van der Waals surface area contributed by atoms with E-state index in [1.807, 2.05) is 12.1 Å². The van der Waals surface area contributed by atoms with Crippen molar-refractivity contribution in [3.05, 3.63) is 53.1 Å². The fourth-order valence-corrected chi connectivity index (χ4v) is 5.16. The van der Waals surface area contributed by atoms with Crippen molar-refractivity contribution in [2.75, 3.05) is 18.2 Å². The van der Waals surface area contributed by atoms with E-state index in [0.717, 1.165) is 43.1 Å². The number of ether oxygens (including phenoxy) is 2. The maximum atomic E-state index is 13.1. The highest BCUT2D eigenvalue weighted by molar-refractivity contribution is 6.01. The van der Waals surface area contributed by atoms with Gasteiger partial charge in [-0.25, -0.2) is 0 Å². The molecule has 2 fully saturated rings. The highest BCUT2D eigenvalue weighted by Gasteiger charge is 2.50. The standard InChI is InChI=1S/C22H22N2O3/c25-22-19-10-18(24(22)17-6-5-15-2-1-3-16(15)9-17)12-23(19)11-14-4-7-20-21(8-14)27-13-26-20/h4-9,18-19H,1-3,10-13H2/t18-,19-/m0/s1. The maximum absolute atomic E-state index is 13.1. The average molecular weight is 362 g/mol. The van der Waals surface area contributed by atoms with Gasteiger partial charge in [0, 0.05) is 18.8 Å². The first-order valence-corrected chi connectivity index (χ1v) is 9.84. The Morgan fingerprint density at radius 2 is 1.89 bits per heavy atom. The monoisotopic (exact) mass is 362 g/mol.